The third-order valence-electron chi connectivity index (χ3n) is 5.27. The average Bonchev–Trinajstić information content (AvgIpc) is 2.88. The monoisotopic (exact) mass is 508 g/mol. The lowest BCUT2D eigenvalue weighted by Gasteiger charge is -2.14. The number of aromatic nitrogens is 2. The van der Waals surface area contributed by atoms with Crippen LogP contribution in [0.4, 0.5) is 13.2 Å². The Morgan fingerprint density at radius 2 is 1.25 bits per heavy atom. The van der Waals surface area contributed by atoms with Gasteiger partial charge < -0.3 is 4.55 Å². The van der Waals surface area contributed by atoms with Crippen LogP contribution in [-0.4, -0.2) is 23.5 Å². The molecule has 0 amide bonds. The maximum absolute atomic E-state index is 10.7. The van der Waals surface area contributed by atoms with E-state index in [0.717, 1.165) is 22.6 Å². The van der Waals surface area contributed by atoms with Crippen LogP contribution in [0, 0.1) is 0 Å². The van der Waals surface area contributed by atoms with Gasteiger partial charge in [0.25, 0.3) is 0 Å². The van der Waals surface area contributed by atoms with Crippen molar-refractivity contribution in [1.29, 1.82) is 0 Å². The van der Waals surface area contributed by atoms with Crippen LogP contribution in [-0.2, 0) is 10.1 Å². The Hall–Kier alpha value is -4.08. The van der Waals surface area contributed by atoms with Gasteiger partial charge in [-0.3, -0.25) is 0 Å². The van der Waals surface area contributed by atoms with Crippen molar-refractivity contribution < 1.29 is 30.7 Å². The molecule has 0 atom stereocenters. The number of alkyl halides is 3. The molecule has 0 aliphatic heterocycles. The number of hydrogen-bond acceptors (Lipinski definition) is 4. The predicted octanol–water partition coefficient (Wildman–Crippen LogP) is 5.90. The van der Waals surface area contributed by atoms with Gasteiger partial charge in [0.15, 0.2) is 10.1 Å². The minimum Gasteiger partial charge on any atom is -0.741 e. The highest BCUT2D eigenvalue weighted by Gasteiger charge is 2.36. The maximum atomic E-state index is 10.7. The zero-order chi connectivity index (χ0) is 25.8. The minimum absolute atomic E-state index is 0.914. The number of hydrogen-bond donors (Lipinski definition) is 0. The van der Waals surface area contributed by atoms with E-state index in [0.29, 0.717) is 0 Å². The van der Waals surface area contributed by atoms with Crippen molar-refractivity contribution in [1.82, 2.24) is 4.98 Å². The lowest BCUT2D eigenvalue weighted by atomic mass is 9.97. The first-order valence-electron chi connectivity index (χ1n) is 10.7. The Balaban J connectivity index is 0.000000331. The normalized spacial score (nSPS) is 11.6. The van der Waals surface area contributed by atoms with Gasteiger partial charge in [-0.1, -0.05) is 84.9 Å². The van der Waals surface area contributed by atoms with Gasteiger partial charge >= 0.3 is 11.3 Å². The lowest BCUT2D eigenvalue weighted by molar-refractivity contribution is -0.559. The molecule has 5 aromatic rings. The van der Waals surface area contributed by atoms with Crippen LogP contribution in [0.5, 0.6) is 0 Å². The summed E-state index contributed by atoms with van der Waals surface area (Å²) in [6.07, 6.45) is 1.84. The Bertz CT molecular complexity index is 1580. The number of benzene rings is 3. The summed E-state index contributed by atoms with van der Waals surface area (Å²) in [7, 11) is -6.09. The van der Waals surface area contributed by atoms with Crippen LogP contribution in [0.1, 0.15) is 0 Å². The smallest absolute Gasteiger partial charge is 0.485 e. The predicted molar refractivity (Wildman–Crippen MR) is 130 cm³/mol. The second kappa shape index (κ2) is 10.3. The molecule has 0 aliphatic carbocycles. The van der Waals surface area contributed by atoms with Gasteiger partial charge in [0.05, 0.1) is 0 Å². The van der Waals surface area contributed by atoms with Crippen molar-refractivity contribution in [2.75, 3.05) is 0 Å². The molecule has 3 aromatic carbocycles. The molecular weight excluding hydrogens is 489 g/mol. The standard InChI is InChI=1S/C26H19N2.CHF3O3S/c1-3-11-20(12-4-1)23-19-25(21-13-5-2-6-14-21)28(26-17-9-10-18-27-26)24-16-8-7-15-22(23)24;2-1(3,4)8(5,6)7/h1-19H;(H,5,6,7)/q+1;/p-1. The topological polar surface area (TPSA) is 74.0 Å². The first-order chi connectivity index (χ1) is 17.2. The van der Waals surface area contributed by atoms with Gasteiger partial charge in [-0.15, -0.1) is 0 Å². The third kappa shape index (κ3) is 5.42. The highest BCUT2D eigenvalue weighted by atomic mass is 32.2. The number of rotatable bonds is 3. The molecule has 0 N–H and O–H groups in total. The van der Waals surface area contributed by atoms with Gasteiger partial charge in [0.1, 0.15) is 17.4 Å². The Morgan fingerprint density at radius 1 is 0.722 bits per heavy atom. The summed E-state index contributed by atoms with van der Waals surface area (Å²) in [5.41, 5.74) is 0.216. The van der Waals surface area contributed by atoms with E-state index in [9.17, 15) is 13.2 Å². The van der Waals surface area contributed by atoms with Gasteiger partial charge in [-0.25, -0.2) is 8.42 Å². The first-order valence-corrected chi connectivity index (χ1v) is 12.1. The van der Waals surface area contributed by atoms with E-state index in [-0.39, 0.29) is 0 Å². The highest BCUT2D eigenvalue weighted by molar-refractivity contribution is 7.86. The van der Waals surface area contributed by atoms with Crippen molar-refractivity contribution in [2.24, 2.45) is 0 Å². The van der Waals surface area contributed by atoms with Crippen LogP contribution >= 0.6 is 0 Å². The molecule has 182 valence electrons. The summed E-state index contributed by atoms with van der Waals surface area (Å²) in [4.78, 5) is 4.65. The van der Waals surface area contributed by atoms with E-state index in [1.54, 1.807) is 0 Å². The first kappa shape index (κ1) is 25.0. The minimum atomic E-state index is -6.09. The van der Waals surface area contributed by atoms with Crippen LogP contribution < -0.4 is 4.57 Å². The van der Waals surface area contributed by atoms with Crippen LogP contribution in [0.3, 0.4) is 0 Å². The molecule has 0 aliphatic rings. The fraction of sp³-hybridized carbons (Fsp3) is 0.0370. The van der Waals surface area contributed by atoms with E-state index in [4.69, 9.17) is 13.0 Å². The van der Waals surface area contributed by atoms with Crippen molar-refractivity contribution >= 4 is 21.0 Å². The number of pyridine rings is 2. The van der Waals surface area contributed by atoms with Crippen molar-refractivity contribution in [3.8, 4) is 28.2 Å². The maximum Gasteiger partial charge on any atom is 0.485 e. The molecule has 0 fully saturated rings. The van der Waals surface area contributed by atoms with Gasteiger partial charge in [0, 0.05) is 17.0 Å². The summed E-state index contributed by atoms with van der Waals surface area (Å²) in [5, 5.41) is 1.21. The molecule has 2 heterocycles. The fourth-order valence-electron chi connectivity index (χ4n) is 3.72. The molecule has 0 bridgehead atoms. The second-order valence-corrected chi connectivity index (χ2v) is 8.99. The SMILES string of the molecule is O=S(=O)([O-])C(F)(F)F.c1ccc(-c2cc(-c3ccccc3)[n+](-c3ccccn3)c3ccccc23)cc1. The van der Waals surface area contributed by atoms with Gasteiger partial charge in [-0.05, 0) is 34.3 Å². The van der Waals surface area contributed by atoms with Crippen molar-refractivity contribution in [3.63, 3.8) is 0 Å². The van der Waals surface area contributed by atoms with Crippen LogP contribution in [0.25, 0.3) is 39.1 Å². The summed E-state index contributed by atoms with van der Waals surface area (Å²) in [5.74, 6) is 0.914. The molecule has 0 unspecified atom stereocenters. The van der Waals surface area contributed by atoms with Crippen LogP contribution in [0.15, 0.2) is 115 Å². The lowest BCUT2D eigenvalue weighted by Crippen LogP contribution is -2.35. The van der Waals surface area contributed by atoms with E-state index in [1.807, 2.05) is 24.4 Å². The van der Waals surface area contributed by atoms with E-state index in [2.05, 4.69) is 101 Å². The molecule has 0 radical (unpaired) electrons. The van der Waals surface area contributed by atoms with Gasteiger partial charge in [-0.2, -0.15) is 17.7 Å². The summed E-state index contributed by atoms with van der Waals surface area (Å²) in [6, 6.07) is 37.9. The molecule has 0 saturated heterocycles. The molecule has 5 rings (SSSR count). The van der Waals surface area contributed by atoms with Crippen molar-refractivity contribution in [3.05, 3.63) is 115 Å². The fourth-order valence-corrected chi connectivity index (χ4v) is 3.72. The Kier molecular flexibility index (Phi) is 7.14. The number of para-hydroxylation sites is 1. The summed E-state index contributed by atoms with van der Waals surface area (Å²) in [6.45, 7) is 0. The summed E-state index contributed by atoms with van der Waals surface area (Å²) >= 11 is 0. The highest BCUT2D eigenvalue weighted by Crippen LogP contribution is 2.31. The molecular formula is C27H19F3N2O3S. The number of fused-ring (bicyclic) bond motifs is 1. The molecule has 5 nitrogen and oxygen atoms in total. The quantitative estimate of drug-likeness (QED) is 0.173. The Morgan fingerprint density at radius 3 is 1.81 bits per heavy atom. The van der Waals surface area contributed by atoms with E-state index >= 15 is 0 Å². The van der Waals surface area contributed by atoms with Gasteiger partial charge in [0.2, 0.25) is 0 Å². The van der Waals surface area contributed by atoms with E-state index in [1.165, 1.54) is 16.5 Å². The molecule has 36 heavy (non-hydrogen) atoms. The summed E-state index contributed by atoms with van der Waals surface area (Å²) < 4.78 is 61.1. The van der Waals surface area contributed by atoms with Crippen molar-refractivity contribution in [2.45, 2.75) is 5.51 Å². The molecule has 0 saturated carbocycles. The largest absolute Gasteiger partial charge is 0.741 e. The van der Waals surface area contributed by atoms with E-state index < -0.39 is 15.6 Å². The average molecular weight is 509 g/mol. The molecule has 0 spiro atoms. The zero-order valence-corrected chi connectivity index (χ0v) is 19.4. The second-order valence-electron chi connectivity index (χ2n) is 7.62. The number of nitrogens with zero attached hydrogens (tertiary/aromatic N) is 2. The Labute approximate surface area is 205 Å². The number of halogens is 3. The molecule has 2 aromatic heterocycles. The van der Waals surface area contributed by atoms with Crippen LogP contribution in [0.2, 0.25) is 0 Å². The third-order valence-corrected chi connectivity index (χ3v) is 5.84. The zero-order valence-electron chi connectivity index (χ0n) is 18.6. The molecule has 9 heteroatoms.